The second-order valence-electron chi connectivity index (χ2n) is 6.25. The van der Waals surface area contributed by atoms with E-state index in [-0.39, 0.29) is 18.2 Å². The number of hydrogen-bond acceptors (Lipinski definition) is 6. The van der Waals surface area contributed by atoms with E-state index in [1.165, 1.54) is 17.4 Å². The first-order valence-corrected chi connectivity index (χ1v) is 8.61. The zero-order valence-corrected chi connectivity index (χ0v) is 14.8. The number of hydrogen-bond donors (Lipinski definition) is 4. The molecule has 140 valence electrons. The van der Waals surface area contributed by atoms with Crippen molar-refractivity contribution in [2.75, 3.05) is 17.7 Å². The van der Waals surface area contributed by atoms with Crippen LogP contribution in [0.2, 0.25) is 0 Å². The largest absolute Gasteiger partial charge is 0.446 e. The second kappa shape index (κ2) is 8.48. The molecule has 0 saturated carbocycles. The number of aliphatic hydroxyl groups is 1. The zero-order valence-electron chi connectivity index (χ0n) is 14.8. The predicted molar refractivity (Wildman–Crippen MR) is 103 cm³/mol. The van der Waals surface area contributed by atoms with Crippen LogP contribution in [0.25, 0.3) is 0 Å². The number of benzene rings is 2. The van der Waals surface area contributed by atoms with E-state index in [1.54, 1.807) is 0 Å². The first-order valence-electron chi connectivity index (χ1n) is 8.61. The summed E-state index contributed by atoms with van der Waals surface area (Å²) in [6.07, 6.45) is 3.03. The number of carbonyl (C=O) groups is 1. The van der Waals surface area contributed by atoms with Crippen molar-refractivity contribution in [3.63, 3.8) is 0 Å². The molecule has 3 rings (SSSR count). The molecule has 1 heterocycles. The third kappa shape index (κ3) is 4.93. The van der Waals surface area contributed by atoms with Gasteiger partial charge in [0.2, 0.25) is 5.89 Å². The Morgan fingerprint density at radius 1 is 1.07 bits per heavy atom. The Morgan fingerprint density at radius 3 is 2.26 bits per heavy atom. The smallest absolute Gasteiger partial charge is 0.277 e. The third-order valence-corrected chi connectivity index (χ3v) is 4.16. The van der Waals surface area contributed by atoms with Crippen LogP contribution in [0.1, 0.15) is 33.5 Å². The maximum absolute atomic E-state index is 12.2. The fourth-order valence-corrected chi connectivity index (χ4v) is 2.56. The van der Waals surface area contributed by atoms with Gasteiger partial charge in [-0.3, -0.25) is 4.79 Å². The summed E-state index contributed by atoms with van der Waals surface area (Å²) in [6.45, 7) is -0.306. The fraction of sp³-hybridized carbons (Fsp3) is 0.200. The van der Waals surface area contributed by atoms with Gasteiger partial charge in [0, 0.05) is 11.4 Å². The lowest BCUT2D eigenvalue weighted by molar-refractivity contribution is 0.102. The predicted octanol–water partition coefficient (Wildman–Crippen LogP) is 2.29. The lowest BCUT2D eigenvalue weighted by Crippen LogP contribution is -2.16. The van der Waals surface area contributed by atoms with Crippen LogP contribution in [0.4, 0.5) is 11.4 Å². The van der Waals surface area contributed by atoms with Gasteiger partial charge in [-0.15, -0.1) is 0 Å². The topological polar surface area (TPSA) is 127 Å². The number of anilines is 2. The summed E-state index contributed by atoms with van der Waals surface area (Å²) in [5.74, 6) is -0.273. The highest BCUT2D eigenvalue weighted by molar-refractivity contribution is 6.02. The Hall–Kier alpha value is -3.16. The van der Waals surface area contributed by atoms with Crippen molar-refractivity contribution in [2.45, 2.75) is 18.9 Å². The van der Waals surface area contributed by atoms with Gasteiger partial charge in [0.15, 0.2) is 5.69 Å². The normalized spacial score (nSPS) is 11.9. The van der Waals surface area contributed by atoms with Gasteiger partial charge >= 0.3 is 0 Å². The van der Waals surface area contributed by atoms with Gasteiger partial charge in [-0.1, -0.05) is 24.3 Å². The number of aliphatic hydroxyl groups excluding tert-OH is 1. The highest BCUT2D eigenvalue weighted by atomic mass is 16.3. The molecule has 0 aliphatic carbocycles. The average molecular weight is 366 g/mol. The van der Waals surface area contributed by atoms with Gasteiger partial charge in [-0.25, -0.2) is 4.98 Å². The van der Waals surface area contributed by atoms with Crippen LogP contribution >= 0.6 is 0 Å². The van der Waals surface area contributed by atoms with Crippen LogP contribution in [0.15, 0.2) is 59.2 Å². The molecule has 1 unspecified atom stereocenters. The van der Waals surface area contributed by atoms with E-state index in [0.29, 0.717) is 5.69 Å². The quantitative estimate of drug-likeness (QED) is 0.475. The van der Waals surface area contributed by atoms with Crippen molar-refractivity contribution < 1.29 is 14.3 Å². The molecule has 1 aromatic heterocycles. The number of carbonyl (C=O) groups excluding carboxylic acids is 1. The summed E-state index contributed by atoms with van der Waals surface area (Å²) in [5.41, 5.74) is 15.2. The molecule has 0 aliphatic rings. The van der Waals surface area contributed by atoms with Gasteiger partial charge in [-0.05, 0) is 48.2 Å². The van der Waals surface area contributed by atoms with Gasteiger partial charge in [0.1, 0.15) is 12.3 Å². The molecule has 3 aromatic rings. The minimum atomic E-state index is -0.744. The number of amides is 1. The van der Waals surface area contributed by atoms with Crippen LogP contribution in [-0.4, -0.2) is 22.6 Å². The van der Waals surface area contributed by atoms with Crippen LogP contribution in [0, 0.1) is 0 Å². The molecule has 1 amide bonds. The van der Waals surface area contributed by atoms with E-state index in [0.717, 1.165) is 18.5 Å². The first-order chi connectivity index (χ1) is 13.0. The number of nitrogens with zero attached hydrogens (tertiary/aromatic N) is 1. The lowest BCUT2D eigenvalue weighted by Gasteiger charge is -2.06. The van der Waals surface area contributed by atoms with Gasteiger partial charge < -0.3 is 26.3 Å². The van der Waals surface area contributed by atoms with Crippen LogP contribution < -0.4 is 16.8 Å². The van der Waals surface area contributed by atoms with Crippen molar-refractivity contribution in [1.29, 1.82) is 0 Å². The van der Waals surface area contributed by atoms with Crippen LogP contribution in [-0.2, 0) is 12.8 Å². The number of nitrogen functional groups attached to an aromatic ring is 1. The van der Waals surface area contributed by atoms with Crippen molar-refractivity contribution >= 4 is 17.3 Å². The summed E-state index contributed by atoms with van der Waals surface area (Å²) in [4.78, 5) is 16.2. The van der Waals surface area contributed by atoms with Crippen LogP contribution in [0.5, 0.6) is 0 Å². The summed E-state index contributed by atoms with van der Waals surface area (Å²) in [7, 11) is 0. The average Bonchev–Trinajstić information content (AvgIpc) is 3.18. The van der Waals surface area contributed by atoms with Crippen molar-refractivity contribution in [1.82, 2.24) is 4.98 Å². The summed E-state index contributed by atoms with van der Waals surface area (Å²) in [5, 5.41) is 11.8. The maximum Gasteiger partial charge on any atom is 0.277 e. The monoisotopic (exact) mass is 366 g/mol. The molecule has 0 fully saturated rings. The highest BCUT2D eigenvalue weighted by Crippen LogP contribution is 2.15. The molecule has 6 N–H and O–H groups in total. The first kappa shape index (κ1) is 18.6. The maximum atomic E-state index is 12.2. The van der Waals surface area contributed by atoms with Gasteiger partial charge in [0.25, 0.3) is 5.91 Å². The Morgan fingerprint density at radius 2 is 1.67 bits per heavy atom. The molecule has 1 atom stereocenters. The van der Waals surface area contributed by atoms with Gasteiger partial charge in [0.05, 0.1) is 6.61 Å². The van der Waals surface area contributed by atoms with Crippen molar-refractivity contribution in [3.05, 3.63) is 77.5 Å². The molecular weight excluding hydrogens is 344 g/mol. The van der Waals surface area contributed by atoms with E-state index in [2.05, 4.69) is 10.3 Å². The molecule has 2 aromatic carbocycles. The molecule has 0 aliphatic heterocycles. The fourth-order valence-electron chi connectivity index (χ4n) is 2.56. The number of nitrogens with two attached hydrogens (primary N) is 2. The van der Waals surface area contributed by atoms with E-state index in [4.69, 9.17) is 21.0 Å². The Labute approximate surface area is 157 Å². The zero-order chi connectivity index (χ0) is 19.2. The van der Waals surface area contributed by atoms with Crippen LogP contribution in [0.3, 0.4) is 0 Å². The highest BCUT2D eigenvalue weighted by Gasteiger charge is 2.16. The van der Waals surface area contributed by atoms with E-state index in [1.807, 2.05) is 48.5 Å². The van der Waals surface area contributed by atoms with Gasteiger partial charge in [-0.2, -0.15) is 0 Å². The van der Waals surface area contributed by atoms with E-state index < -0.39 is 11.9 Å². The molecular formula is C20H22N4O3. The molecule has 27 heavy (non-hydrogen) atoms. The van der Waals surface area contributed by atoms with E-state index >= 15 is 0 Å². The van der Waals surface area contributed by atoms with Crippen molar-refractivity contribution in [3.8, 4) is 0 Å². The summed E-state index contributed by atoms with van der Waals surface area (Å²) >= 11 is 0. The number of nitrogens with one attached hydrogen (secondary N) is 1. The summed E-state index contributed by atoms with van der Waals surface area (Å²) < 4.78 is 5.11. The number of aromatic nitrogens is 1. The third-order valence-electron chi connectivity index (χ3n) is 4.16. The molecule has 7 nitrogen and oxygen atoms in total. The number of oxazole rings is 1. The molecule has 0 bridgehead atoms. The number of rotatable bonds is 7. The van der Waals surface area contributed by atoms with E-state index in [9.17, 15) is 4.79 Å². The molecule has 0 spiro atoms. The standard InChI is InChI=1S/C20H22N4O3/c21-15-7-3-13(4-8-15)1-2-14-5-9-16(10-6-14)23-19(26)18-12-27-20(24-18)17(22)11-25/h3-10,12,17,25H,1-2,11,21-22H2,(H,23,26). The lowest BCUT2D eigenvalue weighted by atomic mass is 10.0. The SMILES string of the molecule is Nc1ccc(CCc2ccc(NC(=O)c3coc(C(N)CO)n3)cc2)cc1. The van der Waals surface area contributed by atoms with Crippen molar-refractivity contribution in [2.24, 2.45) is 5.73 Å². The minimum Gasteiger partial charge on any atom is -0.446 e. The second-order valence-corrected chi connectivity index (χ2v) is 6.25. The molecule has 7 heteroatoms. The Balaban J connectivity index is 1.56. The molecule has 0 radical (unpaired) electrons. The Bertz CT molecular complexity index is 888. The number of aryl methyl sites for hydroxylation is 2. The molecule has 0 saturated heterocycles. The minimum absolute atomic E-state index is 0.112. The summed E-state index contributed by atoms with van der Waals surface area (Å²) in [6, 6.07) is 14.7. The Kier molecular flexibility index (Phi) is 5.85.